The lowest BCUT2D eigenvalue weighted by atomic mass is 10.0. The number of rotatable bonds is 11. The maximum Gasteiger partial charge on any atom is 0.222 e. The van der Waals surface area contributed by atoms with Crippen molar-refractivity contribution >= 4 is 16.8 Å². The maximum absolute atomic E-state index is 13.7. The van der Waals surface area contributed by atoms with Crippen LogP contribution in [0.25, 0.3) is 10.9 Å². The van der Waals surface area contributed by atoms with Crippen molar-refractivity contribution in [1.29, 1.82) is 0 Å². The van der Waals surface area contributed by atoms with Gasteiger partial charge in [-0.25, -0.2) is 8.78 Å². The summed E-state index contributed by atoms with van der Waals surface area (Å²) in [7, 11) is 0. The molecule has 0 aliphatic heterocycles. The Morgan fingerprint density at radius 2 is 1.63 bits per heavy atom. The van der Waals surface area contributed by atoms with Gasteiger partial charge in [0.05, 0.1) is 12.1 Å². The standard InChI is InChI=1S/C28H29F2N3O2/c29-23-14-21(15-24(30)17-23)16-25(27(34)19-31-18-20-6-2-1-3-7-20)32-28(35)11-13-33-12-10-22-8-4-5-9-26(22)33/h1-10,12,14-15,17,25,27,31,34H,11,13,16,18-19H2,(H,32,35)/t25-,27-/m0/s1. The molecular formula is C28H29F2N3O2. The summed E-state index contributed by atoms with van der Waals surface area (Å²) in [6.07, 6.45) is 1.28. The van der Waals surface area contributed by atoms with E-state index in [1.165, 1.54) is 12.1 Å². The third kappa shape index (κ3) is 6.97. The molecule has 3 aromatic carbocycles. The van der Waals surface area contributed by atoms with E-state index in [1.807, 2.05) is 71.4 Å². The molecule has 0 saturated heterocycles. The van der Waals surface area contributed by atoms with Crippen LogP contribution in [-0.2, 0) is 24.3 Å². The number of aromatic nitrogens is 1. The molecule has 1 heterocycles. The van der Waals surface area contributed by atoms with Gasteiger partial charge in [0.15, 0.2) is 0 Å². The molecule has 0 spiro atoms. The summed E-state index contributed by atoms with van der Waals surface area (Å²) in [6.45, 7) is 1.23. The van der Waals surface area contributed by atoms with Crippen molar-refractivity contribution in [2.24, 2.45) is 0 Å². The average molecular weight is 478 g/mol. The van der Waals surface area contributed by atoms with E-state index in [1.54, 1.807) is 0 Å². The Labute approximate surface area is 203 Å². The van der Waals surface area contributed by atoms with Crippen LogP contribution in [0.3, 0.4) is 0 Å². The Morgan fingerprint density at radius 3 is 2.40 bits per heavy atom. The molecule has 4 rings (SSSR count). The zero-order chi connectivity index (χ0) is 24.6. The predicted octanol–water partition coefficient (Wildman–Crippen LogP) is 4.19. The number of carbonyl (C=O) groups is 1. The van der Waals surface area contributed by atoms with Gasteiger partial charge in [0.2, 0.25) is 5.91 Å². The number of hydrogen-bond acceptors (Lipinski definition) is 3. The van der Waals surface area contributed by atoms with Crippen molar-refractivity contribution in [3.05, 3.63) is 108 Å². The van der Waals surface area contributed by atoms with Gasteiger partial charge in [-0.2, -0.15) is 0 Å². The van der Waals surface area contributed by atoms with Crippen LogP contribution in [-0.4, -0.2) is 34.3 Å². The van der Waals surface area contributed by atoms with Crippen molar-refractivity contribution in [1.82, 2.24) is 15.2 Å². The number of carbonyl (C=O) groups excluding carboxylic acids is 1. The molecule has 3 N–H and O–H groups in total. The van der Waals surface area contributed by atoms with Gasteiger partial charge in [0, 0.05) is 43.8 Å². The molecule has 0 fully saturated rings. The average Bonchev–Trinajstić information content (AvgIpc) is 3.25. The Balaban J connectivity index is 1.39. The van der Waals surface area contributed by atoms with Gasteiger partial charge in [-0.15, -0.1) is 0 Å². The number of fused-ring (bicyclic) bond motifs is 1. The summed E-state index contributed by atoms with van der Waals surface area (Å²) < 4.78 is 29.5. The highest BCUT2D eigenvalue weighted by molar-refractivity contribution is 5.80. The molecule has 0 saturated carbocycles. The number of amides is 1. The number of para-hydroxylation sites is 1. The minimum Gasteiger partial charge on any atom is -0.390 e. The van der Waals surface area contributed by atoms with Crippen molar-refractivity contribution in [2.75, 3.05) is 6.54 Å². The largest absolute Gasteiger partial charge is 0.390 e. The van der Waals surface area contributed by atoms with Gasteiger partial charge >= 0.3 is 0 Å². The third-order valence-corrected chi connectivity index (χ3v) is 5.97. The monoisotopic (exact) mass is 477 g/mol. The topological polar surface area (TPSA) is 66.3 Å². The number of halogens is 2. The number of hydrogen-bond donors (Lipinski definition) is 3. The summed E-state index contributed by atoms with van der Waals surface area (Å²) in [4.78, 5) is 12.8. The van der Waals surface area contributed by atoms with E-state index >= 15 is 0 Å². The fraction of sp³-hybridized carbons (Fsp3) is 0.250. The Hall–Kier alpha value is -3.55. The Kier molecular flexibility index (Phi) is 8.23. The molecular weight excluding hydrogens is 448 g/mol. The number of nitrogens with one attached hydrogen (secondary N) is 2. The third-order valence-electron chi connectivity index (χ3n) is 5.97. The lowest BCUT2D eigenvalue weighted by Crippen LogP contribution is -2.48. The first-order chi connectivity index (χ1) is 17.0. The molecule has 4 aromatic rings. The van der Waals surface area contributed by atoms with Crippen LogP contribution in [0.4, 0.5) is 8.78 Å². The fourth-order valence-electron chi connectivity index (χ4n) is 4.21. The molecule has 0 bridgehead atoms. The van der Waals surface area contributed by atoms with Crippen molar-refractivity contribution in [3.8, 4) is 0 Å². The van der Waals surface area contributed by atoms with Gasteiger partial charge in [-0.05, 0) is 47.2 Å². The van der Waals surface area contributed by atoms with E-state index in [2.05, 4.69) is 10.6 Å². The summed E-state index contributed by atoms with van der Waals surface area (Å²) in [6, 6.07) is 22.2. The van der Waals surface area contributed by atoms with Gasteiger partial charge in [0.1, 0.15) is 11.6 Å². The highest BCUT2D eigenvalue weighted by Gasteiger charge is 2.22. The zero-order valence-electron chi connectivity index (χ0n) is 19.3. The normalized spacial score (nSPS) is 13.0. The quantitative estimate of drug-likeness (QED) is 0.304. The van der Waals surface area contributed by atoms with E-state index in [4.69, 9.17) is 0 Å². The Bertz CT molecular complexity index is 1240. The number of nitrogens with zero attached hydrogens (tertiary/aromatic N) is 1. The number of aliphatic hydroxyl groups is 1. The lowest BCUT2D eigenvalue weighted by molar-refractivity contribution is -0.122. The Morgan fingerprint density at radius 1 is 0.914 bits per heavy atom. The van der Waals surface area contributed by atoms with Gasteiger partial charge in [0.25, 0.3) is 0 Å². The summed E-state index contributed by atoms with van der Waals surface area (Å²) in [5.74, 6) is -1.63. The summed E-state index contributed by atoms with van der Waals surface area (Å²) in [5, 5.41) is 18.0. The van der Waals surface area contributed by atoms with Crippen LogP contribution in [0.2, 0.25) is 0 Å². The molecule has 2 atom stereocenters. The smallest absolute Gasteiger partial charge is 0.222 e. The van der Waals surface area contributed by atoms with Crippen LogP contribution in [0.15, 0.2) is 85.1 Å². The van der Waals surface area contributed by atoms with Crippen LogP contribution >= 0.6 is 0 Å². The minimum absolute atomic E-state index is 0.0983. The SMILES string of the molecule is O=C(CCn1ccc2ccccc21)N[C@@H](Cc1cc(F)cc(F)c1)[C@@H](O)CNCc1ccccc1. The lowest BCUT2D eigenvalue weighted by Gasteiger charge is -2.25. The predicted molar refractivity (Wildman–Crippen MR) is 133 cm³/mol. The minimum atomic E-state index is -0.957. The number of aliphatic hydroxyl groups excluding tert-OH is 1. The van der Waals surface area contributed by atoms with Gasteiger partial charge < -0.3 is 20.3 Å². The fourth-order valence-corrected chi connectivity index (χ4v) is 4.21. The molecule has 182 valence electrons. The second-order valence-electron chi connectivity index (χ2n) is 8.66. The van der Waals surface area contributed by atoms with Crippen LogP contribution < -0.4 is 10.6 Å². The highest BCUT2D eigenvalue weighted by Crippen LogP contribution is 2.16. The maximum atomic E-state index is 13.7. The highest BCUT2D eigenvalue weighted by atomic mass is 19.1. The molecule has 1 aromatic heterocycles. The molecule has 0 aliphatic carbocycles. The van der Waals surface area contributed by atoms with Crippen LogP contribution in [0, 0.1) is 11.6 Å². The molecule has 7 heteroatoms. The van der Waals surface area contributed by atoms with E-state index in [9.17, 15) is 18.7 Å². The molecule has 35 heavy (non-hydrogen) atoms. The van der Waals surface area contributed by atoms with E-state index in [-0.39, 0.29) is 25.3 Å². The molecule has 1 amide bonds. The van der Waals surface area contributed by atoms with E-state index in [0.29, 0.717) is 18.7 Å². The van der Waals surface area contributed by atoms with Gasteiger partial charge in [-0.3, -0.25) is 4.79 Å². The number of aryl methyl sites for hydroxylation is 1. The second-order valence-corrected chi connectivity index (χ2v) is 8.66. The zero-order valence-corrected chi connectivity index (χ0v) is 19.3. The molecule has 0 aliphatic rings. The van der Waals surface area contributed by atoms with E-state index < -0.39 is 23.8 Å². The first-order valence-electron chi connectivity index (χ1n) is 11.7. The summed E-state index contributed by atoms with van der Waals surface area (Å²) >= 11 is 0. The van der Waals surface area contributed by atoms with E-state index in [0.717, 1.165) is 22.5 Å². The molecule has 0 radical (unpaired) electrons. The van der Waals surface area contributed by atoms with Crippen molar-refractivity contribution in [3.63, 3.8) is 0 Å². The van der Waals surface area contributed by atoms with Gasteiger partial charge in [-0.1, -0.05) is 48.5 Å². The molecule has 5 nitrogen and oxygen atoms in total. The first-order valence-corrected chi connectivity index (χ1v) is 11.7. The number of benzene rings is 3. The van der Waals surface area contributed by atoms with Crippen LogP contribution in [0.1, 0.15) is 17.5 Å². The first kappa shape index (κ1) is 24.6. The van der Waals surface area contributed by atoms with Crippen molar-refractivity contribution < 1.29 is 18.7 Å². The second kappa shape index (κ2) is 11.7. The van der Waals surface area contributed by atoms with Crippen LogP contribution in [0.5, 0.6) is 0 Å². The van der Waals surface area contributed by atoms with Crippen molar-refractivity contribution in [2.45, 2.75) is 38.1 Å². The summed E-state index contributed by atoms with van der Waals surface area (Å²) in [5.41, 5.74) is 2.47. The molecule has 0 unspecified atom stereocenters.